The Morgan fingerprint density at radius 2 is 1.84 bits per heavy atom. The fourth-order valence-electron chi connectivity index (χ4n) is 3.93. The van der Waals surface area contributed by atoms with E-state index in [2.05, 4.69) is 59.6 Å². The summed E-state index contributed by atoms with van der Waals surface area (Å²) in [6.07, 6.45) is 3.75. The average molecular weight is 337 g/mol. The van der Waals surface area contributed by atoms with Crippen molar-refractivity contribution in [2.24, 2.45) is 0 Å². The van der Waals surface area contributed by atoms with Crippen LogP contribution in [0.4, 0.5) is 4.79 Å². The van der Waals surface area contributed by atoms with Crippen LogP contribution < -0.4 is 5.32 Å². The van der Waals surface area contributed by atoms with Gasteiger partial charge in [0.25, 0.3) is 0 Å². The number of carbonyl (C=O) groups is 1. The highest BCUT2D eigenvalue weighted by molar-refractivity contribution is 5.86. The molecule has 2 aliphatic rings. The highest BCUT2D eigenvalue weighted by atomic mass is 16.2. The summed E-state index contributed by atoms with van der Waals surface area (Å²) in [5.74, 6) is 0. The number of fused-ring (bicyclic) bond motifs is 1. The average Bonchev–Trinajstić information content (AvgIpc) is 3.47. The summed E-state index contributed by atoms with van der Waals surface area (Å²) in [7, 11) is 0. The number of benzene rings is 2. The van der Waals surface area contributed by atoms with Crippen LogP contribution in [0.3, 0.4) is 0 Å². The number of rotatable bonds is 3. The van der Waals surface area contributed by atoms with Crippen LogP contribution in [0.2, 0.25) is 0 Å². The SMILES string of the molecule is C[C@@H](NC(=O)N1CCCN(C2CC2)CC1)c1cccc2ccccc12. The molecule has 132 valence electrons. The molecule has 4 rings (SSSR count). The Morgan fingerprint density at radius 1 is 1.04 bits per heavy atom. The second-order valence-corrected chi connectivity index (χ2v) is 7.35. The molecule has 2 aromatic carbocycles. The standard InChI is InChI=1S/C21H27N3O/c1-16(19-9-4-7-17-6-2-3-8-20(17)19)22-21(25)24-13-5-12-23(14-15-24)18-10-11-18/h2-4,6-9,16,18H,5,10-15H2,1H3,(H,22,25)/t16-/m1/s1. The van der Waals surface area contributed by atoms with E-state index in [0.717, 1.165) is 38.6 Å². The number of carbonyl (C=O) groups excluding carboxylic acids is 1. The first-order valence-corrected chi connectivity index (χ1v) is 9.49. The van der Waals surface area contributed by atoms with Crippen molar-refractivity contribution in [2.75, 3.05) is 26.2 Å². The van der Waals surface area contributed by atoms with Crippen molar-refractivity contribution in [3.8, 4) is 0 Å². The van der Waals surface area contributed by atoms with Crippen LogP contribution in [0, 0.1) is 0 Å². The molecule has 2 aromatic rings. The highest BCUT2D eigenvalue weighted by Crippen LogP contribution is 2.28. The molecule has 1 heterocycles. The van der Waals surface area contributed by atoms with Crippen LogP contribution in [0.15, 0.2) is 42.5 Å². The van der Waals surface area contributed by atoms with Crippen molar-refractivity contribution in [1.29, 1.82) is 0 Å². The normalized spacial score (nSPS) is 20.3. The van der Waals surface area contributed by atoms with Crippen molar-refractivity contribution in [2.45, 2.75) is 38.3 Å². The van der Waals surface area contributed by atoms with E-state index in [9.17, 15) is 4.79 Å². The number of amides is 2. The number of nitrogens with one attached hydrogen (secondary N) is 1. The molecule has 1 saturated carbocycles. The Morgan fingerprint density at radius 3 is 2.68 bits per heavy atom. The van der Waals surface area contributed by atoms with Gasteiger partial charge in [-0.25, -0.2) is 4.79 Å². The second kappa shape index (κ2) is 7.04. The Hall–Kier alpha value is -2.07. The van der Waals surface area contributed by atoms with Crippen LogP contribution in [0.1, 0.15) is 37.8 Å². The zero-order valence-corrected chi connectivity index (χ0v) is 14.9. The fourth-order valence-corrected chi connectivity index (χ4v) is 3.93. The third kappa shape index (κ3) is 3.64. The van der Waals surface area contributed by atoms with E-state index in [1.165, 1.54) is 29.2 Å². The van der Waals surface area contributed by atoms with E-state index in [1.54, 1.807) is 0 Å². The van der Waals surface area contributed by atoms with Crippen molar-refractivity contribution in [3.05, 3.63) is 48.0 Å². The molecule has 0 spiro atoms. The molecule has 0 aromatic heterocycles. The lowest BCUT2D eigenvalue weighted by molar-refractivity contribution is 0.194. The molecular formula is C21H27N3O. The van der Waals surface area contributed by atoms with Gasteiger partial charge in [-0.1, -0.05) is 42.5 Å². The summed E-state index contributed by atoms with van der Waals surface area (Å²) in [6, 6.07) is 15.5. The fraction of sp³-hybridized carbons (Fsp3) is 0.476. The van der Waals surface area contributed by atoms with E-state index < -0.39 is 0 Å². The Balaban J connectivity index is 1.42. The molecule has 1 aliphatic carbocycles. The van der Waals surface area contributed by atoms with Gasteiger partial charge in [0.2, 0.25) is 0 Å². The van der Waals surface area contributed by atoms with Crippen LogP contribution in [0.5, 0.6) is 0 Å². The molecule has 4 nitrogen and oxygen atoms in total. The predicted octanol–water partition coefficient (Wildman–Crippen LogP) is 3.78. The Labute approximate surface area is 149 Å². The van der Waals surface area contributed by atoms with Gasteiger partial charge < -0.3 is 10.2 Å². The van der Waals surface area contributed by atoms with Gasteiger partial charge in [-0.3, -0.25) is 4.90 Å². The molecule has 1 saturated heterocycles. The molecule has 1 aliphatic heterocycles. The smallest absolute Gasteiger partial charge is 0.317 e. The maximum Gasteiger partial charge on any atom is 0.317 e. The molecule has 2 amide bonds. The van der Waals surface area contributed by atoms with Gasteiger partial charge in [-0.2, -0.15) is 0 Å². The topological polar surface area (TPSA) is 35.6 Å². The quantitative estimate of drug-likeness (QED) is 0.925. The number of hydrogen-bond donors (Lipinski definition) is 1. The summed E-state index contributed by atoms with van der Waals surface area (Å²) in [5, 5.41) is 5.65. The molecule has 1 N–H and O–H groups in total. The molecule has 0 bridgehead atoms. The Bertz CT molecular complexity index is 750. The zero-order chi connectivity index (χ0) is 17.2. The zero-order valence-electron chi connectivity index (χ0n) is 14.9. The molecule has 0 unspecified atom stereocenters. The van der Waals surface area contributed by atoms with Crippen molar-refractivity contribution >= 4 is 16.8 Å². The predicted molar refractivity (Wildman–Crippen MR) is 102 cm³/mol. The largest absolute Gasteiger partial charge is 0.331 e. The number of hydrogen-bond acceptors (Lipinski definition) is 2. The minimum absolute atomic E-state index is 0.00129. The monoisotopic (exact) mass is 337 g/mol. The maximum absolute atomic E-state index is 12.8. The third-order valence-electron chi connectivity index (χ3n) is 5.51. The molecule has 1 atom stereocenters. The lowest BCUT2D eigenvalue weighted by Gasteiger charge is -2.25. The molecule has 0 radical (unpaired) electrons. The van der Waals surface area contributed by atoms with Gasteiger partial charge in [0.15, 0.2) is 0 Å². The first-order valence-electron chi connectivity index (χ1n) is 9.49. The minimum Gasteiger partial charge on any atom is -0.331 e. The molecule has 2 fully saturated rings. The lowest BCUT2D eigenvalue weighted by atomic mass is 10.00. The first kappa shape index (κ1) is 16.4. The van der Waals surface area contributed by atoms with E-state index in [-0.39, 0.29) is 12.1 Å². The van der Waals surface area contributed by atoms with E-state index in [4.69, 9.17) is 0 Å². The molecule has 25 heavy (non-hydrogen) atoms. The summed E-state index contributed by atoms with van der Waals surface area (Å²) in [6.45, 7) is 5.92. The lowest BCUT2D eigenvalue weighted by Crippen LogP contribution is -2.43. The summed E-state index contributed by atoms with van der Waals surface area (Å²) < 4.78 is 0. The van der Waals surface area contributed by atoms with Gasteiger partial charge in [0, 0.05) is 32.2 Å². The van der Waals surface area contributed by atoms with Crippen molar-refractivity contribution in [1.82, 2.24) is 15.1 Å². The van der Waals surface area contributed by atoms with Gasteiger partial charge in [-0.05, 0) is 42.5 Å². The summed E-state index contributed by atoms with van der Waals surface area (Å²) >= 11 is 0. The van der Waals surface area contributed by atoms with E-state index in [0.29, 0.717) is 0 Å². The second-order valence-electron chi connectivity index (χ2n) is 7.35. The summed E-state index contributed by atoms with van der Waals surface area (Å²) in [5.41, 5.74) is 1.18. The Kier molecular flexibility index (Phi) is 4.62. The van der Waals surface area contributed by atoms with E-state index >= 15 is 0 Å². The molecule has 4 heteroatoms. The van der Waals surface area contributed by atoms with Crippen LogP contribution in [-0.4, -0.2) is 48.1 Å². The minimum atomic E-state index is 0.00129. The van der Waals surface area contributed by atoms with E-state index in [1.807, 2.05) is 4.90 Å². The van der Waals surface area contributed by atoms with Gasteiger partial charge in [0.05, 0.1) is 6.04 Å². The van der Waals surface area contributed by atoms with Crippen LogP contribution >= 0.6 is 0 Å². The van der Waals surface area contributed by atoms with Crippen molar-refractivity contribution < 1.29 is 4.79 Å². The summed E-state index contributed by atoms with van der Waals surface area (Å²) in [4.78, 5) is 17.3. The van der Waals surface area contributed by atoms with Gasteiger partial charge in [0.1, 0.15) is 0 Å². The maximum atomic E-state index is 12.8. The third-order valence-corrected chi connectivity index (χ3v) is 5.51. The van der Waals surface area contributed by atoms with Gasteiger partial charge in [-0.15, -0.1) is 0 Å². The number of nitrogens with zero attached hydrogens (tertiary/aromatic N) is 2. The highest BCUT2D eigenvalue weighted by Gasteiger charge is 2.31. The number of urea groups is 1. The van der Waals surface area contributed by atoms with Gasteiger partial charge >= 0.3 is 6.03 Å². The van der Waals surface area contributed by atoms with Crippen molar-refractivity contribution in [3.63, 3.8) is 0 Å². The van der Waals surface area contributed by atoms with Crippen LogP contribution in [0.25, 0.3) is 10.8 Å². The van der Waals surface area contributed by atoms with Crippen LogP contribution in [-0.2, 0) is 0 Å². The first-order chi connectivity index (χ1) is 12.2. The molecular weight excluding hydrogens is 310 g/mol.